The molecular formula is C18H25FN2O6S. The number of halogens is 1. The maximum Gasteiger partial charge on any atom is 0.334 e. The van der Waals surface area contributed by atoms with Crippen molar-refractivity contribution in [3.8, 4) is 0 Å². The fourth-order valence-corrected chi connectivity index (χ4v) is 3.85. The summed E-state index contributed by atoms with van der Waals surface area (Å²) in [5.41, 5.74) is 0. The number of rotatable bonds is 8. The molecule has 1 saturated carbocycles. The molecule has 0 spiro atoms. The van der Waals surface area contributed by atoms with Gasteiger partial charge in [-0.3, -0.25) is 9.63 Å². The van der Waals surface area contributed by atoms with E-state index in [1.165, 1.54) is 0 Å². The first-order valence-electron chi connectivity index (χ1n) is 9.03. The maximum absolute atomic E-state index is 12.8. The van der Waals surface area contributed by atoms with Gasteiger partial charge in [0.15, 0.2) is 13.2 Å². The molecule has 156 valence electrons. The lowest BCUT2D eigenvalue weighted by atomic mass is 9.78. The van der Waals surface area contributed by atoms with E-state index >= 15 is 0 Å². The van der Waals surface area contributed by atoms with Crippen molar-refractivity contribution in [2.75, 3.05) is 13.2 Å². The predicted octanol–water partition coefficient (Wildman–Crippen LogP) is 1.52. The van der Waals surface area contributed by atoms with E-state index in [0.717, 1.165) is 43.5 Å². The van der Waals surface area contributed by atoms with Gasteiger partial charge in [-0.25, -0.2) is 17.6 Å². The smallest absolute Gasteiger partial charge is 0.334 e. The number of sulfonamides is 1. The number of hydrogen-bond acceptors (Lipinski definition) is 6. The van der Waals surface area contributed by atoms with Crippen LogP contribution in [0.1, 0.15) is 33.1 Å². The average Bonchev–Trinajstić information content (AvgIpc) is 2.64. The zero-order valence-electron chi connectivity index (χ0n) is 15.8. The Balaban J connectivity index is 1.69. The second-order valence-electron chi connectivity index (χ2n) is 6.93. The lowest BCUT2D eigenvalue weighted by molar-refractivity contribution is -0.154. The van der Waals surface area contributed by atoms with Crippen LogP contribution >= 0.6 is 0 Å². The summed E-state index contributed by atoms with van der Waals surface area (Å²) in [5.74, 6) is -1.03. The van der Waals surface area contributed by atoms with Crippen molar-refractivity contribution < 1.29 is 32.0 Å². The molecule has 0 heterocycles. The summed E-state index contributed by atoms with van der Waals surface area (Å²) < 4.78 is 41.4. The van der Waals surface area contributed by atoms with Crippen molar-refractivity contribution in [1.82, 2.24) is 10.2 Å². The van der Waals surface area contributed by atoms with Crippen molar-refractivity contribution in [2.45, 2.75) is 44.0 Å². The number of ether oxygens (including phenoxy) is 1. The minimum atomic E-state index is -4.06. The standard InChI is InChI=1S/C18H25FN2O6S/c1-12-4-3-5-16(13(12)2)20-17(22)10-26-18(23)11-27-21-28(24,25)15-8-6-14(19)7-9-15/h6-9,12-13,16,21H,3-5,10-11H2,1-2H3,(H,20,22)/t12-,13+,16+/m0/s1. The van der Waals surface area contributed by atoms with Crippen LogP contribution in [0.2, 0.25) is 0 Å². The molecular weight excluding hydrogens is 391 g/mol. The number of benzene rings is 1. The topological polar surface area (TPSA) is 111 Å². The van der Waals surface area contributed by atoms with Crippen LogP contribution in [0.5, 0.6) is 0 Å². The molecule has 1 aliphatic rings. The largest absolute Gasteiger partial charge is 0.454 e. The summed E-state index contributed by atoms with van der Waals surface area (Å²) in [7, 11) is -4.06. The van der Waals surface area contributed by atoms with E-state index in [0.29, 0.717) is 11.8 Å². The van der Waals surface area contributed by atoms with Gasteiger partial charge in [-0.2, -0.15) is 0 Å². The Labute approximate surface area is 163 Å². The number of carbonyl (C=O) groups excluding carboxylic acids is 2. The molecule has 2 rings (SSSR count). The van der Waals surface area contributed by atoms with Gasteiger partial charge < -0.3 is 10.1 Å². The molecule has 1 amide bonds. The summed E-state index contributed by atoms with van der Waals surface area (Å²) >= 11 is 0. The number of hydrogen-bond donors (Lipinski definition) is 2. The summed E-state index contributed by atoms with van der Waals surface area (Å²) in [6, 6.07) is 4.12. The van der Waals surface area contributed by atoms with Crippen LogP contribution in [0.4, 0.5) is 4.39 Å². The highest BCUT2D eigenvalue weighted by molar-refractivity contribution is 7.89. The van der Waals surface area contributed by atoms with E-state index in [2.05, 4.69) is 24.0 Å². The zero-order chi connectivity index (χ0) is 20.7. The Kier molecular flexibility index (Phi) is 7.90. The first kappa shape index (κ1) is 22.3. The van der Waals surface area contributed by atoms with E-state index < -0.39 is 40.9 Å². The summed E-state index contributed by atoms with van der Waals surface area (Å²) in [6.07, 6.45) is 3.06. The second-order valence-corrected chi connectivity index (χ2v) is 8.58. The Morgan fingerprint density at radius 3 is 2.50 bits per heavy atom. The van der Waals surface area contributed by atoms with Gasteiger partial charge in [0.25, 0.3) is 15.9 Å². The lowest BCUT2D eigenvalue weighted by Gasteiger charge is -2.34. The highest BCUT2D eigenvalue weighted by Gasteiger charge is 2.28. The monoisotopic (exact) mass is 416 g/mol. The first-order chi connectivity index (χ1) is 13.2. The summed E-state index contributed by atoms with van der Waals surface area (Å²) in [5, 5.41) is 2.86. The molecule has 0 aliphatic heterocycles. The van der Waals surface area contributed by atoms with Crippen LogP contribution in [0.25, 0.3) is 0 Å². The van der Waals surface area contributed by atoms with Gasteiger partial charge in [-0.1, -0.05) is 31.6 Å². The van der Waals surface area contributed by atoms with Crippen LogP contribution < -0.4 is 10.2 Å². The highest BCUT2D eigenvalue weighted by Crippen LogP contribution is 2.29. The van der Waals surface area contributed by atoms with Gasteiger partial charge in [0.05, 0.1) is 4.90 Å². The van der Waals surface area contributed by atoms with E-state index in [1.54, 1.807) is 4.89 Å². The fraction of sp³-hybridized carbons (Fsp3) is 0.556. The molecule has 3 atom stereocenters. The van der Waals surface area contributed by atoms with Crippen LogP contribution in [0.3, 0.4) is 0 Å². The molecule has 1 aromatic rings. The van der Waals surface area contributed by atoms with Gasteiger partial charge >= 0.3 is 5.97 Å². The Hall–Kier alpha value is -2.04. The van der Waals surface area contributed by atoms with Crippen LogP contribution in [0.15, 0.2) is 29.2 Å². The third-order valence-corrected chi connectivity index (χ3v) is 6.13. The van der Waals surface area contributed by atoms with E-state index in [1.807, 2.05) is 0 Å². The minimum Gasteiger partial charge on any atom is -0.454 e. The third-order valence-electron chi connectivity index (χ3n) is 4.90. The van der Waals surface area contributed by atoms with Gasteiger partial charge in [-0.15, -0.1) is 0 Å². The normalized spacial score (nSPS) is 22.5. The fourth-order valence-electron chi connectivity index (χ4n) is 3.05. The quantitative estimate of drug-likeness (QED) is 0.491. The van der Waals surface area contributed by atoms with Crippen molar-refractivity contribution in [2.24, 2.45) is 11.8 Å². The SMILES string of the molecule is C[C@@H]1[C@@H](C)CCC[C@H]1NC(=O)COC(=O)CONS(=O)(=O)c1ccc(F)cc1. The molecule has 8 nitrogen and oxygen atoms in total. The van der Waals surface area contributed by atoms with Crippen molar-refractivity contribution >= 4 is 21.9 Å². The number of esters is 1. The second kappa shape index (κ2) is 9.94. The number of nitrogens with one attached hydrogen (secondary N) is 2. The van der Waals surface area contributed by atoms with Gasteiger partial charge in [0, 0.05) is 6.04 Å². The Morgan fingerprint density at radius 2 is 1.82 bits per heavy atom. The number of carbonyl (C=O) groups is 2. The average molecular weight is 416 g/mol. The maximum atomic E-state index is 12.8. The molecule has 2 N–H and O–H groups in total. The highest BCUT2D eigenvalue weighted by atomic mass is 32.2. The molecule has 0 aromatic heterocycles. The zero-order valence-corrected chi connectivity index (χ0v) is 16.6. The molecule has 0 radical (unpaired) electrons. The van der Waals surface area contributed by atoms with Crippen LogP contribution in [-0.4, -0.2) is 39.5 Å². The summed E-state index contributed by atoms with van der Waals surface area (Å²) in [4.78, 5) is 29.7. The number of amides is 1. The molecule has 28 heavy (non-hydrogen) atoms. The molecule has 1 fully saturated rings. The molecule has 10 heteroatoms. The van der Waals surface area contributed by atoms with Gasteiger partial charge in [0.2, 0.25) is 0 Å². The molecule has 1 aromatic carbocycles. The Bertz CT molecular complexity index is 784. The molecule has 0 saturated heterocycles. The first-order valence-corrected chi connectivity index (χ1v) is 10.5. The van der Waals surface area contributed by atoms with Gasteiger partial charge in [-0.05, 0) is 42.5 Å². The van der Waals surface area contributed by atoms with Gasteiger partial charge in [0.1, 0.15) is 5.82 Å². The van der Waals surface area contributed by atoms with E-state index in [9.17, 15) is 22.4 Å². The third kappa shape index (κ3) is 6.54. The molecule has 0 bridgehead atoms. The Morgan fingerprint density at radius 1 is 1.14 bits per heavy atom. The van der Waals surface area contributed by atoms with Crippen molar-refractivity contribution in [1.29, 1.82) is 0 Å². The van der Waals surface area contributed by atoms with Crippen LogP contribution in [-0.2, 0) is 29.2 Å². The predicted molar refractivity (Wildman–Crippen MR) is 97.7 cm³/mol. The molecule has 0 unspecified atom stereocenters. The molecule has 1 aliphatic carbocycles. The van der Waals surface area contributed by atoms with Crippen molar-refractivity contribution in [3.63, 3.8) is 0 Å². The minimum absolute atomic E-state index is 0.0497. The summed E-state index contributed by atoms with van der Waals surface area (Å²) in [6.45, 7) is 3.05. The van der Waals surface area contributed by atoms with Crippen molar-refractivity contribution in [3.05, 3.63) is 30.1 Å². The van der Waals surface area contributed by atoms with E-state index in [4.69, 9.17) is 4.74 Å². The lowest BCUT2D eigenvalue weighted by Crippen LogP contribution is -2.45. The van der Waals surface area contributed by atoms with Crippen LogP contribution in [0, 0.1) is 17.7 Å². The van der Waals surface area contributed by atoms with E-state index in [-0.39, 0.29) is 10.9 Å².